The summed E-state index contributed by atoms with van der Waals surface area (Å²) in [7, 11) is 1.67. The van der Waals surface area contributed by atoms with Crippen LogP contribution in [-0.2, 0) is 6.54 Å². The summed E-state index contributed by atoms with van der Waals surface area (Å²) in [5.41, 5.74) is 13.4. The maximum Gasteiger partial charge on any atom is 0.237 e. The number of allylic oxidation sites excluding steroid dienone is 1. The van der Waals surface area contributed by atoms with Crippen molar-refractivity contribution in [3.05, 3.63) is 108 Å². The molecule has 32 heavy (non-hydrogen) atoms. The molecule has 0 fully saturated rings. The van der Waals surface area contributed by atoms with E-state index in [-0.39, 0.29) is 0 Å². The Bertz CT molecular complexity index is 1330. The normalized spacial score (nSPS) is 13.8. The van der Waals surface area contributed by atoms with Gasteiger partial charge < -0.3 is 10.5 Å². The van der Waals surface area contributed by atoms with E-state index in [0.29, 0.717) is 18.1 Å². The van der Waals surface area contributed by atoms with Gasteiger partial charge in [-0.05, 0) is 42.8 Å². The van der Waals surface area contributed by atoms with Gasteiger partial charge in [0, 0.05) is 23.8 Å². The monoisotopic (exact) mass is 422 g/mol. The third kappa shape index (κ3) is 3.67. The Morgan fingerprint density at radius 3 is 2.56 bits per heavy atom. The fourth-order valence-electron chi connectivity index (χ4n) is 3.80. The van der Waals surface area contributed by atoms with Gasteiger partial charge in [0.15, 0.2) is 6.20 Å². The van der Waals surface area contributed by atoms with Crippen molar-refractivity contribution in [2.75, 3.05) is 12.8 Å². The van der Waals surface area contributed by atoms with Crippen LogP contribution in [0.5, 0.6) is 5.75 Å². The van der Waals surface area contributed by atoms with E-state index in [1.54, 1.807) is 18.0 Å². The van der Waals surface area contributed by atoms with Crippen LogP contribution in [0.3, 0.4) is 0 Å². The second kappa shape index (κ2) is 8.15. The van der Waals surface area contributed by atoms with Crippen molar-refractivity contribution in [3.8, 4) is 5.75 Å². The van der Waals surface area contributed by atoms with Gasteiger partial charge >= 0.3 is 0 Å². The van der Waals surface area contributed by atoms with Crippen LogP contribution in [-0.4, -0.2) is 22.6 Å². The molecule has 5 rings (SSSR count). The van der Waals surface area contributed by atoms with E-state index in [0.717, 1.165) is 34.0 Å². The minimum absolute atomic E-state index is 0.548. The summed E-state index contributed by atoms with van der Waals surface area (Å²) in [5, 5.41) is 4.47. The third-order valence-electron chi connectivity index (χ3n) is 5.59. The molecule has 1 aliphatic rings. The zero-order valence-electron chi connectivity index (χ0n) is 18.1. The van der Waals surface area contributed by atoms with Gasteiger partial charge in [-0.2, -0.15) is 9.67 Å². The predicted octanol–water partition coefficient (Wildman–Crippen LogP) is 4.14. The number of benzene rings is 2. The number of rotatable bonds is 5. The second-order valence-corrected chi connectivity index (χ2v) is 7.77. The van der Waals surface area contributed by atoms with Crippen LogP contribution in [0.15, 0.2) is 90.2 Å². The molecule has 6 nitrogen and oxygen atoms in total. The molecule has 0 atom stereocenters. The number of aliphatic imine (C=N–C) groups is 1. The van der Waals surface area contributed by atoms with Gasteiger partial charge in [0.2, 0.25) is 11.4 Å². The van der Waals surface area contributed by atoms with Crippen molar-refractivity contribution < 1.29 is 9.30 Å². The molecule has 158 valence electrons. The lowest BCUT2D eigenvalue weighted by Crippen LogP contribution is -2.34. The summed E-state index contributed by atoms with van der Waals surface area (Å²) in [5.74, 6) is 1.38. The highest BCUT2D eigenvalue weighted by atomic mass is 16.5. The first-order valence-corrected chi connectivity index (χ1v) is 10.5. The summed E-state index contributed by atoms with van der Waals surface area (Å²) < 4.78 is 9.21. The zero-order valence-corrected chi connectivity index (χ0v) is 18.1. The van der Waals surface area contributed by atoms with Crippen LogP contribution in [0.25, 0.3) is 5.70 Å². The molecule has 4 aromatic rings. The SMILES string of the molecule is COc1ccc(C2=C/C(=N\c3cnn(Cc4ccc(C)cc4)c3N)c3cccc[n+]32)cc1. The summed E-state index contributed by atoms with van der Waals surface area (Å²) in [6.45, 7) is 2.68. The van der Waals surface area contributed by atoms with Gasteiger partial charge in [-0.1, -0.05) is 29.8 Å². The number of nitrogen functional groups attached to an aromatic ring is 1. The molecule has 0 saturated heterocycles. The van der Waals surface area contributed by atoms with Crippen molar-refractivity contribution in [2.45, 2.75) is 13.5 Å². The van der Waals surface area contributed by atoms with Crippen molar-refractivity contribution in [1.29, 1.82) is 0 Å². The number of hydrogen-bond acceptors (Lipinski definition) is 4. The fraction of sp³-hybridized carbons (Fsp3) is 0.115. The van der Waals surface area contributed by atoms with E-state index in [4.69, 9.17) is 15.5 Å². The molecule has 6 heteroatoms. The van der Waals surface area contributed by atoms with Crippen molar-refractivity contribution in [3.63, 3.8) is 0 Å². The van der Waals surface area contributed by atoms with Crippen LogP contribution in [0.1, 0.15) is 22.4 Å². The van der Waals surface area contributed by atoms with E-state index in [2.05, 4.69) is 53.0 Å². The van der Waals surface area contributed by atoms with Gasteiger partial charge in [0.1, 0.15) is 23.0 Å². The molecule has 2 aromatic carbocycles. The first kappa shape index (κ1) is 19.8. The lowest BCUT2D eigenvalue weighted by atomic mass is 10.1. The number of ether oxygens (including phenoxy) is 1. The van der Waals surface area contributed by atoms with E-state index >= 15 is 0 Å². The van der Waals surface area contributed by atoms with Crippen LogP contribution in [0, 0.1) is 6.92 Å². The van der Waals surface area contributed by atoms with Gasteiger partial charge in [-0.25, -0.2) is 9.67 Å². The highest BCUT2D eigenvalue weighted by Crippen LogP contribution is 2.27. The Hall–Kier alpha value is -4.19. The maximum absolute atomic E-state index is 6.41. The molecule has 2 aromatic heterocycles. The molecule has 2 N–H and O–H groups in total. The minimum Gasteiger partial charge on any atom is -0.497 e. The number of anilines is 1. The number of fused-ring (bicyclic) bond motifs is 1. The van der Waals surface area contributed by atoms with E-state index in [1.807, 2.05) is 42.6 Å². The molecule has 1 aliphatic heterocycles. The van der Waals surface area contributed by atoms with Gasteiger partial charge in [0.05, 0.1) is 19.9 Å². The second-order valence-electron chi connectivity index (χ2n) is 7.77. The Balaban J connectivity index is 1.50. The number of pyridine rings is 1. The van der Waals surface area contributed by atoms with Crippen molar-refractivity contribution >= 4 is 22.9 Å². The molecule has 0 aliphatic carbocycles. The highest BCUT2D eigenvalue weighted by Gasteiger charge is 2.29. The lowest BCUT2D eigenvalue weighted by molar-refractivity contribution is -0.577. The lowest BCUT2D eigenvalue weighted by Gasteiger charge is -2.05. The molecule has 0 bridgehead atoms. The number of hydrogen-bond donors (Lipinski definition) is 1. The molecule has 0 saturated carbocycles. The number of aromatic nitrogens is 3. The first-order valence-electron chi connectivity index (χ1n) is 10.5. The summed E-state index contributed by atoms with van der Waals surface area (Å²) in [4.78, 5) is 4.87. The Morgan fingerprint density at radius 1 is 1.03 bits per heavy atom. The zero-order chi connectivity index (χ0) is 22.1. The topological polar surface area (TPSA) is 69.3 Å². The molecular formula is C26H24N5O+. The maximum atomic E-state index is 6.41. The van der Waals surface area contributed by atoms with Gasteiger partial charge in [0.25, 0.3) is 0 Å². The first-order chi connectivity index (χ1) is 15.6. The Labute approximate surface area is 186 Å². The third-order valence-corrected chi connectivity index (χ3v) is 5.59. The predicted molar refractivity (Wildman–Crippen MR) is 126 cm³/mol. The average molecular weight is 423 g/mol. The molecule has 0 amide bonds. The number of nitrogens with two attached hydrogens (primary N) is 1. The van der Waals surface area contributed by atoms with Crippen LogP contribution in [0.2, 0.25) is 0 Å². The van der Waals surface area contributed by atoms with E-state index in [9.17, 15) is 0 Å². The molecule has 3 heterocycles. The minimum atomic E-state index is 0.548. The fourth-order valence-corrected chi connectivity index (χ4v) is 3.80. The standard InChI is InChI=1S/C26H23N5O/c1-18-6-8-19(9-7-18)17-31-26(27)23(16-28-31)29-22-15-25(30-14-4-3-5-24(22)30)20-10-12-21(32-2)13-11-20/h3-16,27H,17H2,1-2H3/p+1. The smallest absolute Gasteiger partial charge is 0.237 e. The van der Waals surface area contributed by atoms with Crippen molar-refractivity contribution in [2.24, 2.45) is 4.99 Å². The van der Waals surface area contributed by atoms with Crippen LogP contribution >= 0.6 is 0 Å². The number of aryl methyl sites for hydroxylation is 1. The summed E-state index contributed by atoms with van der Waals surface area (Å²) in [6, 6.07) is 22.5. The van der Waals surface area contributed by atoms with Gasteiger partial charge in [-0.15, -0.1) is 0 Å². The van der Waals surface area contributed by atoms with Crippen LogP contribution in [0.4, 0.5) is 11.5 Å². The largest absolute Gasteiger partial charge is 0.497 e. The summed E-state index contributed by atoms with van der Waals surface area (Å²) >= 11 is 0. The molecule has 0 spiro atoms. The van der Waals surface area contributed by atoms with E-state index < -0.39 is 0 Å². The molecule has 0 unspecified atom stereocenters. The van der Waals surface area contributed by atoms with E-state index in [1.165, 1.54) is 5.56 Å². The Kier molecular flexibility index (Phi) is 5.03. The number of methoxy groups -OCH3 is 1. The van der Waals surface area contributed by atoms with Gasteiger partial charge in [-0.3, -0.25) is 0 Å². The number of nitrogens with zero attached hydrogens (tertiary/aromatic N) is 4. The van der Waals surface area contributed by atoms with Crippen LogP contribution < -0.4 is 15.0 Å². The highest BCUT2D eigenvalue weighted by molar-refractivity contribution is 6.13. The quantitative estimate of drug-likeness (QED) is 0.492. The Morgan fingerprint density at radius 2 is 1.81 bits per heavy atom. The average Bonchev–Trinajstić information content (AvgIpc) is 3.36. The van der Waals surface area contributed by atoms with Crippen molar-refractivity contribution in [1.82, 2.24) is 9.78 Å². The summed E-state index contributed by atoms with van der Waals surface area (Å²) in [6.07, 6.45) is 5.84. The molecule has 0 radical (unpaired) electrons. The molecular weight excluding hydrogens is 398 g/mol.